The third-order valence-electron chi connectivity index (χ3n) is 2.60. The van der Waals surface area contributed by atoms with Gasteiger partial charge in [0.1, 0.15) is 0 Å². The SMILES string of the molecule is CCN(CC#N)Cc1ccccc1CC(=O)O. The van der Waals surface area contributed by atoms with Crippen LogP contribution in [0.5, 0.6) is 0 Å². The molecule has 90 valence electrons. The Bertz CT molecular complexity index is 424. The van der Waals surface area contributed by atoms with E-state index in [2.05, 4.69) is 6.07 Å². The molecule has 1 N–H and O–H groups in total. The number of nitrogens with zero attached hydrogens (tertiary/aromatic N) is 2. The molecular weight excluding hydrogens is 216 g/mol. The lowest BCUT2D eigenvalue weighted by Crippen LogP contribution is -2.24. The summed E-state index contributed by atoms with van der Waals surface area (Å²) in [4.78, 5) is 12.7. The van der Waals surface area contributed by atoms with Crippen LogP contribution in [-0.4, -0.2) is 29.1 Å². The lowest BCUT2D eigenvalue weighted by Gasteiger charge is -2.18. The molecule has 0 aromatic heterocycles. The van der Waals surface area contributed by atoms with Crippen LogP contribution < -0.4 is 0 Å². The van der Waals surface area contributed by atoms with Crippen molar-refractivity contribution < 1.29 is 9.90 Å². The first-order chi connectivity index (χ1) is 8.17. The highest BCUT2D eigenvalue weighted by atomic mass is 16.4. The highest BCUT2D eigenvalue weighted by Crippen LogP contribution is 2.12. The van der Waals surface area contributed by atoms with E-state index < -0.39 is 5.97 Å². The van der Waals surface area contributed by atoms with E-state index in [-0.39, 0.29) is 6.42 Å². The number of benzene rings is 1. The zero-order valence-corrected chi connectivity index (χ0v) is 9.89. The van der Waals surface area contributed by atoms with Crippen molar-refractivity contribution in [2.45, 2.75) is 19.9 Å². The summed E-state index contributed by atoms with van der Waals surface area (Å²) in [6.45, 7) is 3.73. The van der Waals surface area contributed by atoms with Gasteiger partial charge in [-0.3, -0.25) is 9.69 Å². The Kier molecular flexibility index (Phi) is 5.18. The molecule has 0 radical (unpaired) electrons. The van der Waals surface area contributed by atoms with Crippen molar-refractivity contribution in [3.63, 3.8) is 0 Å². The summed E-state index contributed by atoms with van der Waals surface area (Å²) in [7, 11) is 0. The van der Waals surface area contributed by atoms with E-state index in [4.69, 9.17) is 10.4 Å². The minimum Gasteiger partial charge on any atom is -0.481 e. The molecular formula is C13H16N2O2. The van der Waals surface area contributed by atoms with Crippen molar-refractivity contribution in [2.24, 2.45) is 0 Å². The highest BCUT2D eigenvalue weighted by molar-refractivity contribution is 5.70. The molecule has 0 saturated carbocycles. The van der Waals surface area contributed by atoms with Gasteiger partial charge in [-0.05, 0) is 17.7 Å². The Morgan fingerprint density at radius 2 is 2.06 bits per heavy atom. The van der Waals surface area contributed by atoms with Gasteiger partial charge in [0.05, 0.1) is 19.0 Å². The van der Waals surface area contributed by atoms with Gasteiger partial charge in [-0.15, -0.1) is 0 Å². The van der Waals surface area contributed by atoms with Crippen LogP contribution in [0, 0.1) is 11.3 Å². The van der Waals surface area contributed by atoms with Crippen molar-refractivity contribution in [3.8, 4) is 6.07 Å². The fraction of sp³-hybridized carbons (Fsp3) is 0.385. The van der Waals surface area contributed by atoms with Crippen LogP contribution >= 0.6 is 0 Å². The predicted octanol–water partition coefficient (Wildman–Crippen LogP) is 1.66. The number of carboxylic acids is 1. The average molecular weight is 232 g/mol. The lowest BCUT2D eigenvalue weighted by molar-refractivity contribution is -0.136. The van der Waals surface area contributed by atoms with E-state index in [1.165, 1.54) is 0 Å². The van der Waals surface area contributed by atoms with Crippen LogP contribution in [-0.2, 0) is 17.8 Å². The second-order valence-electron chi connectivity index (χ2n) is 3.80. The maximum Gasteiger partial charge on any atom is 0.307 e. The van der Waals surface area contributed by atoms with E-state index in [1.807, 2.05) is 36.1 Å². The van der Waals surface area contributed by atoms with Crippen molar-refractivity contribution >= 4 is 5.97 Å². The average Bonchev–Trinajstić information content (AvgIpc) is 2.30. The first-order valence-corrected chi connectivity index (χ1v) is 5.55. The molecule has 0 aliphatic heterocycles. The summed E-state index contributed by atoms with van der Waals surface area (Å²) in [5, 5.41) is 17.5. The molecule has 4 heteroatoms. The summed E-state index contributed by atoms with van der Waals surface area (Å²) in [5.74, 6) is -0.833. The van der Waals surface area contributed by atoms with Gasteiger partial charge < -0.3 is 5.11 Å². The molecule has 1 aromatic rings. The van der Waals surface area contributed by atoms with Crippen molar-refractivity contribution in [1.82, 2.24) is 4.90 Å². The van der Waals surface area contributed by atoms with Crippen LogP contribution in [0.15, 0.2) is 24.3 Å². The van der Waals surface area contributed by atoms with E-state index in [1.54, 1.807) is 0 Å². The number of nitriles is 1. The van der Waals surface area contributed by atoms with Gasteiger partial charge in [0, 0.05) is 6.54 Å². The highest BCUT2D eigenvalue weighted by Gasteiger charge is 2.09. The van der Waals surface area contributed by atoms with Gasteiger partial charge in [0.2, 0.25) is 0 Å². The number of hydrogen-bond donors (Lipinski definition) is 1. The van der Waals surface area contributed by atoms with Crippen molar-refractivity contribution in [1.29, 1.82) is 5.26 Å². The topological polar surface area (TPSA) is 64.3 Å². The van der Waals surface area contributed by atoms with Crippen LogP contribution in [0.25, 0.3) is 0 Å². The van der Waals surface area contributed by atoms with Gasteiger partial charge in [0.15, 0.2) is 0 Å². The second kappa shape index (κ2) is 6.66. The van der Waals surface area contributed by atoms with Crippen LogP contribution in [0.4, 0.5) is 0 Å². The van der Waals surface area contributed by atoms with Crippen LogP contribution in [0.1, 0.15) is 18.1 Å². The molecule has 17 heavy (non-hydrogen) atoms. The number of carbonyl (C=O) groups is 1. The smallest absolute Gasteiger partial charge is 0.307 e. The summed E-state index contributed by atoms with van der Waals surface area (Å²) in [5.41, 5.74) is 1.79. The van der Waals surface area contributed by atoms with Crippen LogP contribution in [0.3, 0.4) is 0 Å². The van der Waals surface area contributed by atoms with Gasteiger partial charge in [-0.1, -0.05) is 31.2 Å². The van der Waals surface area contributed by atoms with Gasteiger partial charge in [-0.25, -0.2) is 0 Å². The van der Waals surface area contributed by atoms with Crippen molar-refractivity contribution in [2.75, 3.05) is 13.1 Å². The first kappa shape index (κ1) is 13.2. The predicted molar refractivity (Wildman–Crippen MR) is 64.3 cm³/mol. The Balaban J connectivity index is 2.82. The number of carboxylic acid groups (broad SMARTS) is 1. The Morgan fingerprint density at radius 3 is 2.59 bits per heavy atom. The first-order valence-electron chi connectivity index (χ1n) is 5.55. The number of hydrogen-bond acceptors (Lipinski definition) is 3. The minimum absolute atomic E-state index is 0.0281. The molecule has 0 saturated heterocycles. The summed E-state index contributed by atoms with van der Waals surface area (Å²) in [6.07, 6.45) is 0.0281. The molecule has 0 spiro atoms. The van der Waals surface area contributed by atoms with E-state index in [9.17, 15) is 4.79 Å². The summed E-state index contributed by atoms with van der Waals surface area (Å²) >= 11 is 0. The minimum atomic E-state index is -0.833. The molecule has 0 fully saturated rings. The third kappa shape index (κ3) is 4.25. The maximum atomic E-state index is 10.7. The third-order valence-corrected chi connectivity index (χ3v) is 2.60. The monoisotopic (exact) mass is 232 g/mol. The molecule has 0 heterocycles. The Labute approximate surface area is 101 Å². The second-order valence-corrected chi connectivity index (χ2v) is 3.80. The van der Waals surface area contributed by atoms with Crippen molar-refractivity contribution in [3.05, 3.63) is 35.4 Å². The fourth-order valence-electron chi connectivity index (χ4n) is 1.67. The largest absolute Gasteiger partial charge is 0.481 e. The van der Waals surface area contributed by atoms with Gasteiger partial charge in [-0.2, -0.15) is 5.26 Å². The fourth-order valence-corrected chi connectivity index (χ4v) is 1.67. The molecule has 0 aliphatic carbocycles. The zero-order valence-electron chi connectivity index (χ0n) is 9.89. The van der Waals surface area contributed by atoms with E-state index in [0.717, 1.165) is 17.7 Å². The van der Waals surface area contributed by atoms with E-state index >= 15 is 0 Å². The molecule has 0 atom stereocenters. The molecule has 1 rings (SSSR count). The van der Waals surface area contributed by atoms with Crippen LogP contribution in [0.2, 0.25) is 0 Å². The van der Waals surface area contributed by atoms with Gasteiger partial charge in [0.25, 0.3) is 0 Å². The van der Waals surface area contributed by atoms with Gasteiger partial charge >= 0.3 is 5.97 Å². The summed E-state index contributed by atoms with van der Waals surface area (Å²) < 4.78 is 0. The normalized spacial score (nSPS) is 10.2. The standard InChI is InChI=1S/C13H16N2O2/c1-2-15(8-7-14)10-12-6-4-3-5-11(12)9-13(16)17/h3-6H,2,8-10H2,1H3,(H,16,17). The molecule has 0 unspecified atom stereocenters. The lowest BCUT2D eigenvalue weighted by atomic mass is 10.0. The maximum absolute atomic E-state index is 10.7. The molecule has 1 aromatic carbocycles. The number of rotatable bonds is 6. The molecule has 0 aliphatic rings. The Morgan fingerprint density at radius 1 is 1.41 bits per heavy atom. The van der Waals surface area contributed by atoms with E-state index in [0.29, 0.717) is 13.1 Å². The zero-order chi connectivity index (χ0) is 12.7. The molecule has 0 amide bonds. The Hall–Kier alpha value is -1.86. The quantitative estimate of drug-likeness (QED) is 0.757. The molecule has 0 bridgehead atoms. The number of aliphatic carboxylic acids is 1. The summed E-state index contributed by atoms with van der Waals surface area (Å²) in [6, 6.07) is 9.57. The molecule has 4 nitrogen and oxygen atoms in total.